The molecule has 0 aromatic heterocycles. The summed E-state index contributed by atoms with van der Waals surface area (Å²) < 4.78 is 38.2. The Morgan fingerprint density at radius 2 is 1.12 bits per heavy atom. The van der Waals surface area contributed by atoms with Crippen LogP contribution in [0.3, 0.4) is 0 Å². The number of hydrogen-bond donors (Lipinski definition) is 0. The van der Waals surface area contributed by atoms with Crippen LogP contribution in [-0.2, 0) is 43.5 Å². The maximum absolute atomic E-state index is 13.8. The lowest BCUT2D eigenvalue weighted by atomic mass is 9.98. The predicted molar refractivity (Wildman–Crippen MR) is 189 cm³/mol. The Kier molecular flexibility index (Phi) is 12.5. The van der Waals surface area contributed by atoms with E-state index in [1.807, 2.05) is 121 Å². The first-order valence-corrected chi connectivity index (χ1v) is 17.2. The normalized spacial score (nSPS) is 20.4. The highest BCUT2D eigenvalue weighted by molar-refractivity contribution is 7.99. The molecule has 1 fully saturated rings. The van der Waals surface area contributed by atoms with Crippen LogP contribution in [0.15, 0.2) is 150 Å². The monoisotopic (exact) mass is 676 g/mol. The molecule has 49 heavy (non-hydrogen) atoms. The molecule has 0 aliphatic carbocycles. The van der Waals surface area contributed by atoms with E-state index in [-0.39, 0.29) is 13.2 Å². The predicted octanol–water partition coefficient (Wildman–Crippen LogP) is 8.13. The summed E-state index contributed by atoms with van der Waals surface area (Å²) in [5.41, 5.74) is 2.80. The van der Waals surface area contributed by atoms with Gasteiger partial charge in [-0.2, -0.15) is 0 Å². The van der Waals surface area contributed by atoms with Crippen LogP contribution in [0.5, 0.6) is 5.75 Å². The third-order valence-corrected chi connectivity index (χ3v) is 9.28. The zero-order valence-corrected chi connectivity index (χ0v) is 28.2. The summed E-state index contributed by atoms with van der Waals surface area (Å²) in [5.74, 6) is 0.149. The SMILES string of the molecule is COc1ccc(C(=O)O[C@@H]2[C@@H](OCc3ccccc3)[C@H](OCc3ccccc3)[C@@H](COCc3ccccc3)O[C@H]2Sc2ccccc2)cc1. The molecule has 5 aromatic rings. The van der Waals surface area contributed by atoms with Crippen LogP contribution in [0.4, 0.5) is 0 Å². The first-order valence-electron chi connectivity index (χ1n) is 16.3. The molecule has 5 aromatic carbocycles. The third kappa shape index (κ3) is 9.81. The number of carbonyl (C=O) groups excluding carboxylic acids is 1. The second-order valence-corrected chi connectivity index (χ2v) is 12.8. The molecule has 0 unspecified atom stereocenters. The number of thioether (sulfide) groups is 1. The van der Waals surface area contributed by atoms with Gasteiger partial charge in [0.25, 0.3) is 0 Å². The van der Waals surface area contributed by atoms with Crippen LogP contribution < -0.4 is 4.74 Å². The van der Waals surface area contributed by atoms with E-state index in [0.29, 0.717) is 24.5 Å². The molecule has 0 spiro atoms. The molecular weight excluding hydrogens is 637 g/mol. The van der Waals surface area contributed by atoms with Gasteiger partial charge in [-0.3, -0.25) is 0 Å². The van der Waals surface area contributed by atoms with Crippen LogP contribution in [0, 0.1) is 0 Å². The Hall–Kier alpha value is -4.44. The highest BCUT2D eigenvalue weighted by atomic mass is 32.2. The van der Waals surface area contributed by atoms with E-state index in [2.05, 4.69) is 0 Å². The summed E-state index contributed by atoms with van der Waals surface area (Å²) in [6, 6.07) is 46.7. The van der Waals surface area contributed by atoms with Crippen LogP contribution >= 0.6 is 11.8 Å². The van der Waals surface area contributed by atoms with Crippen molar-refractivity contribution in [3.63, 3.8) is 0 Å². The molecule has 5 atom stereocenters. The lowest BCUT2D eigenvalue weighted by molar-refractivity contribution is -0.242. The van der Waals surface area contributed by atoms with Gasteiger partial charge in [-0.05, 0) is 53.1 Å². The summed E-state index contributed by atoms with van der Waals surface area (Å²) in [4.78, 5) is 14.7. The average Bonchev–Trinajstić information content (AvgIpc) is 3.16. The molecule has 0 amide bonds. The quantitative estimate of drug-likeness (QED) is 0.103. The van der Waals surface area contributed by atoms with E-state index in [4.69, 9.17) is 28.4 Å². The standard InChI is InChI=1S/C41H40O7S/c1-43-34-24-22-33(23-25-34)40(42)48-39-38(46-28-32-18-10-4-11-19-32)37(45-27-31-16-8-3-9-17-31)36(29-44-26-30-14-6-2-7-15-30)47-41(39)49-35-20-12-5-13-21-35/h2-25,36-39,41H,26-29H2,1H3/t36-,37-,38+,39-,41+/m1/s1. The second kappa shape index (κ2) is 17.8. The van der Waals surface area contributed by atoms with Crippen molar-refractivity contribution >= 4 is 17.7 Å². The zero-order valence-electron chi connectivity index (χ0n) is 27.3. The Morgan fingerprint density at radius 1 is 0.612 bits per heavy atom. The van der Waals surface area contributed by atoms with E-state index in [1.54, 1.807) is 31.4 Å². The average molecular weight is 677 g/mol. The van der Waals surface area contributed by atoms with Gasteiger partial charge in [0, 0.05) is 4.90 Å². The maximum atomic E-state index is 13.8. The molecule has 1 heterocycles. The van der Waals surface area contributed by atoms with Crippen molar-refractivity contribution in [2.45, 2.75) is 54.6 Å². The van der Waals surface area contributed by atoms with E-state index in [0.717, 1.165) is 21.6 Å². The molecule has 0 radical (unpaired) electrons. The molecule has 6 rings (SSSR count). The smallest absolute Gasteiger partial charge is 0.338 e. The van der Waals surface area contributed by atoms with Crippen LogP contribution in [0.2, 0.25) is 0 Å². The number of hydrogen-bond acceptors (Lipinski definition) is 8. The Labute approximate surface area is 292 Å². The van der Waals surface area contributed by atoms with E-state index < -0.39 is 35.8 Å². The molecule has 252 valence electrons. The van der Waals surface area contributed by atoms with Gasteiger partial charge < -0.3 is 28.4 Å². The lowest BCUT2D eigenvalue weighted by Crippen LogP contribution is -2.60. The molecule has 0 bridgehead atoms. The topological polar surface area (TPSA) is 72.5 Å². The zero-order chi connectivity index (χ0) is 33.7. The van der Waals surface area contributed by atoms with Gasteiger partial charge in [0.15, 0.2) is 6.10 Å². The van der Waals surface area contributed by atoms with Crippen molar-refractivity contribution in [1.82, 2.24) is 0 Å². The fourth-order valence-corrected chi connectivity index (χ4v) is 6.70. The number of methoxy groups -OCH3 is 1. The van der Waals surface area contributed by atoms with Crippen molar-refractivity contribution in [2.75, 3.05) is 13.7 Å². The molecular formula is C41H40O7S. The minimum absolute atomic E-state index is 0.241. The highest BCUT2D eigenvalue weighted by Gasteiger charge is 2.50. The van der Waals surface area contributed by atoms with Gasteiger partial charge in [0.05, 0.1) is 39.1 Å². The Morgan fingerprint density at radius 3 is 1.67 bits per heavy atom. The molecule has 1 aliphatic rings. The van der Waals surface area contributed by atoms with Crippen molar-refractivity contribution in [2.24, 2.45) is 0 Å². The fraction of sp³-hybridized carbons (Fsp3) is 0.244. The van der Waals surface area contributed by atoms with Gasteiger partial charge in [0.2, 0.25) is 0 Å². The molecule has 0 N–H and O–H groups in total. The third-order valence-electron chi connectivity index (χ3n) is 8.12. The van der Waals surface area contributed by atoms with Crippen molar-refractivity contribution in [1.29, 1.82) is 0 Å². The second-order valence-electron chi connectivity index (χ2n) is 11.6. The Balaban J connectivity index is 1.34. The summed E-state index contributed by atoms with van der Waals surface area (Å²) in [5, 5.41) is 0. The Bertz CT molecular complexity index is 1690. The fourth-order valence-electron chi connectivity index (χ4n) is 5.58. The van der Waals surface area contributed by atoms with Crippen LogP contribution in [-0.4, -0.2) is 49.5 Å². The summed E-state index contributed by atoms with van der Waals surface area (Å²) in [6.45, 7) is 1.25. The van der Waals surface area contributed by atoms with Gasteiger partial charge >= 0.3 is 5.97 Å². The number of rotatable bonds is 15. The van der Waals surface area contributed by atoms with Crippen molar-refractivity contribution in [3.05, 3.63) is 168 Å². The summed E-state index contributed by atoms with van der Waals surface area (Å²) >= 11 is 1.48. The first kappa shape index (κ1) is 34.4. The molecule has 7 nitrogen and oxygen atoms in total. The molecule has 1 saturated heterocycles. The number of carbonyl (C=O) groups is 1. The van der Waals surface area contributed by atoms with Gasteiger partial charge in [-0.15, -0.1) is 0 Å². The first-order chi connectivity index (χ1) is 24.2. The number of benzene rings is 5. The number of esters is 1. The van der Waals surface area contributed by atoms with E-state index >= 15 is 0 Å². The minimum Gasteiger partial charge on any atom is -0.497 e. The molecule has 0 saturated carbocycles. The van der Waals surface area contributed by atoms with E-state index in [1.165, 1.54) is 11.8 Å². The van der Waals surface area contributed by atoms with Crippen molar-refractivity contribution in [3.8, 4) is 5.75 Å². The van der Waals surface area contributed by atoms with Crippen molar-refractivity contribution < 1.29 is 33.2 Å². The van der Waals surface area contributed by atoms with E-state index in [9.17, 15) is 4.79 Å². The molecule has 8 heteroatoms. The van der Waals surface area contributed by atoms with Gasteiger partial charge in [-0.1, -0.05) is 121 Å². The lowest BCUT2D eigenvalue weighted by Gasteiger charge is -2.45. The highest BCUT2D eigenvalue weighted by Crippen LogP contribution is 2.38. The van der Waals surface area contributed by atoms with Gasteiger partial charge in [0.1, 0.15) is 29.5 Å². The van der Waals surface area contributed by atoms with Gasteiger partial charge in [-0.25, -0.2) is 4.79 Å². The number of ether oxygens (including phenoxy) is 6. The van der Waals surface area contributed by atoms with Crippen LogP contribution in [0.1, 0.15) is 27.0 Å². The largest absolute Gasteiger partial charge is 0.497 e. The summed E-state index contributed by atoms with van der Waals surface area (Å²) in [6.07, 6.45) is -2.72. The summed E-state index contributed by atoms with van der Waals surface area (Å²) in [7, 11) is 1.59. The van der Waals surface area contributed by atoms with Crippen LogP contribution in [0.25, 0.3) is 0 Å². The minimum atomic E-state index is -0.838. The molecule has 1 aliphatic heterocycles. The maximum Gasteiger partial charge on any atom is 0.338 e.